The Morgan fingerprint density at radius 1 is 1.04 bits per heavy atom. The summed E-state index contributed by atoms with van der Waals surface area (Å²) in [5.41, 5.74) is 3.49. The molecule has 23 heavy (non-hydrogen) atoms. The Morgan fingerprint density at radius 2 is 1.78 bits per heavy atom. The van der Waals surface area contributed by atoms with E-state index >= 15 is 0 Å². The Kier molecular flexibility index (Phi) is 3.22. The minimum atomic E-state index is -0.268. The summed E-state index contributed by atoms with van der Waals surface area (Å²) in [7, 11) is 0. The highest BCUT2D eigenvalue weighted by Gasteiger charge is 2.25. The smallest absolute Gasteiger partial charge is 0.181 e. The number of pyridine rings is 1. The molecule has 0 N–H and O–H groups in total. The number of halogens is 1. The van der Waals surface area contributed by atoms with Gasteiger partial charge in [-0.2, -0.15) is 10.2 Å². The van der Waals surface area contributed by atoms with Gasteiger partial charge >= 0.3 is 0 Å². The average molecular weight is 307 g/mol. The van der Waals surface area contributed by atoms with Gasteiger partial charge in [-0.25, -0.2) is 9.07 Å². The predicted molar refractivity (Wildman–Crippen MR) is 84.9 cm³/mol. The minimum absolute atomic E-state index is 0.136. The fraction of sp³-hybridized carbons (Fsp3) is 0.176. The zero-order chi connectivity index (χ0) is 15.8. The number of nitrogens with zero attached hydrogens (tertiary/aromatic N) is 5. The topological polar surface area (TPSA) is 55.4 Å². The molecule has 3 aromatic rings. The molecular weight excluding hydrogens is 293 g/mol. The van der Waals surface area contributed by atoms with Crippen LogP contribution in [0, 0.1) is 5.82 Å². The van der Waals surface area contributed by atoms with Crippen LogP contribution in [-0.2, 0) is 0 Å². The maximum absolute atomic E-state index is 13.3. The Bertz CT molecular complexity index is 868. The van der Waals surface area contributed by atoms with E-state index in [1.165, 1.54) is 12.1 Å². The summed E-state index contributed by atoms with van der Waals surface area (Å²) >= 11 is 0. The molecule has 0 saturated carbocycles. The van der Waals surface area contributed by atoms with Crippen LogP contribution in [-0.4, -0.2) is 21.3 Å². The summed E-state index contributed by atoms with van der Waals surface area (Å²) < 4.78 is 15.2. The van der Waals surface area contributed by atoms with Crippen LogP contribution in [0.2, 0.25) is 0 Å². The van der Waals surface area contributed by atoms with Crippen molar-refractivity contribution in [2.24, 2.45) is 10.2 Å². The third-order valence-electron chi connectivity index (χ3n) is 3.90. The van der Waals surface area contributed by atoms with Gasteiger partial charge in [0.2, 0.25) is 0 Å². The van der Waals surface area contributed by atoms with Gasteiger partial charge in [-0.15, -0.1) is 5.11 Å². The molecule has 1 unspecified atom stereocenters. The van der Waals surface area contributed by atoms with Crippen LogP contribution in [0.4, 0.5) is 10.2 Å². The van der Waals surface area contributed by atoms with E-state index in [0.29, 0.717) is 12.4 Å². The van der Waals surface area contributed by atoms with E-state index in [9.17, 15) is 4.39 Å². The maximum atomic E-state index is 13.3. The second-order valence-electron chi connectivity index (χ2n) is 5.51. The van der Waals surface area contributed by atoms with Gasteiger partial charge in [0.1, 0.15) is 11.5 Å². The van der Waals surface area contributed by atoms with Crippen molar-refractivity contribution in [2.45, 2.75) is 13.0 Å². The lowest BCUT2D eigenvalue weighted by molar-refractivity contribution is 0.476. The maximum Gasteiger partial charge on any atom is 0.181 e. The molecule has 5 nitrogen and oxygen atoms in total. The summed E-state index contributed by atoms with van der Waals surface area (Å²) in [6.45, 7) is 2.66. The zero-order valence-electron chi connectivity index (χ0n) is 12.5. The second kappa shape index (κ2) is 5.39. The molecule has 1 aliphatic heterocycles. The van der Waals surface area contributed by atoms with Crippen molar-refractivity contribution in [3.8, 4) is 22.4 Å². The number of hydrogen-bond donors (Lipinski definition) is 0. The molecule has 1 atom stereocenters. The van der Waals surface area contributed by atoms with Crippen molar-refractivity contribution in [1.29, 1.82) is 0 Å². The molecule has 6 heteroatoms. The van der Waals surface area contributed by atoms with Crippen LogP contribution in [0.1, 0.15) is 13.0 Å². The number of aromatic nitrogens is 3. The number of fused-ring (bicyclic) bond motifs is 1. The summed E-state index contributed by atoms with van der Waals surface area (Å²) in [5, 5.41) is 13.2. The lowest BCUT2D eigenvalue weighted by Gasteiger charge is -2.14. The Morgan fingerprint density at radius 3 is 2.52 bits per heavy atom. The van der Waals surface area contributed by atoms with Crippen molar-refractivity contribution in [3.63, 3.8) is 0 Å². The standard InChI is InChI=1S/C17H14FN5/c1-11-10-20-21-17-15(12-2-4-14(18)5-3-12)16(22-23(11)17)13-6-8-19-9-7-13/h2-9,11H,10H2,1H3. The monoisotopic (exact) mass is 307 g/mol. The molecule has 0 spiro atoms. The van der Waals surface area contributed by atoms with E-state index in [-0.39, 0.29) is 11.9 Å². The number of hydrogen-bond acceptors (Lipinski definition) is 4. The van der Waals surface area contributed by atoms with Crippen LogP contribution in [0.15, 0.2) is 59.0 Å². The number of benzene rings is 1. The van der Waals surface area contributed by atoms with E-state index in [1.54, 1.807) is 24.5 Å². The second-order valence-corrected chi connectivity index (χ2v) is 5.51. The quantitative estimate of drug-likeness (QED) is 0.704. The van der Waals surface area contributed by atoms with Crippen LogP contribution in [0.3, 0.4) is 0 Å². The SMILES string of the molecule is CC1CN=Nc2c(-c3ccc(F)cc3)c(-c3ccncc3)nn21. The molecular formula is C17H14FN5. The zero-order valence-corrected chi connectivity index (χ0v) is 12.5. The third kappa shape index (κ3) is 2.32. The predicted octanol–water partition coefficient (Wildman–Crippen LogP) is 4.41. The Balaban J connectivity index is 1.99. The van der Waals surface area contributed by atoms with Gasteiger partial charge < -0.3 is 0 Å². The summed E-state index contributed by atoms with van der Waals surface area (Å²) in [6.07, 6.45) is 3.46. The van der Waals surface area contributed by atoms with Gasteiger partial charge in [-0.3, -0.25) is 4.98 Å². The van der Waals surface area contributed by atoms with Crippen molar-refractivity contribution in [1.82, 2.24) is 14.8 Å². The van der Waals surface area contributed by atoms with Crippen molar-refractivity contribution >= 4 is 5.82 Å². The number of azo groups is 1. The lowest BCUT2D eigenvalue weighted by Crippen LogP contribution is -2.12. The summed E-state index contributed by atoms with van der Waals surface area (Å²) in [6, 6.07) is 10.3. The first-order valence-electron chi connectivity index (χ1n) is 7.40. The van der Waals surface area contributed by atoms with Gasteiger partial charge in [0.05, 0.1) is 18.2 Å². The Hall–Kier alpha value is -2.89. The summed E-state index contributed by atoms with van der Waals surface area (Å²) in [4.78, 5) is 4.06. The molecule has 114 valence electrons. The van der Waals surface area contributed by atoms with E-state index in [1.807, 2.05) is 16.8 Å². The molecule has 1 aliphatic rings. The molecule has 1 aromatic carbocycles. The molecule has 2 aromatic heterocycles. The molecule has 0 fully saturated rings. The first-order valence-corrected chi connectivity index (χ1v) is 7.40. The molecule has 0 aliphatic carbocycles. The van der Waals surface area contributed by atoms with Crippen LogP contribution in [0.25, 0.3) is 22.4 Å². The van der Waals surface area contributed by atoms with E-state index < -0.39 is 0 Å². The first-order chi connectivity index (χ1) is 11.2. The van der Waals surface area contributed by atoms with Crippen molar-refractivity contribution in [2.75, 3.05) is 6.54 Å². The van der Waals surface area contributed by atoms with Gasteiger partial charge in [0.15, 0.2) is 5.82 Å². The third-order valence-corrected chi connectivity index (χ3v) is 3.90. The van der Waals surface area contributed by atoms with Crippen molar-refractivity contribution < 1.29 is 4.39 Å². The van der Waals surface area contributed by atoms with Gasteiger partial charge in [-0.05, 0) is 36.8 Å². The van der Waals surface area contributed by atoms with Crippen LogP contribution < -0.4 is 0 Å². The van der Waals surface area contributed by atoms with Gasteiger partial charge in [-0.1, -0.05) is 12.1 Å². The first kappa shape index (κ1) is 13.8. The van der Waals surface area contributed by atoms with Gasteiger partial charge in [0, 0.05) is 18.0 Å². The van der Waals surface area contributed by atoms with E-state index in [0.717, 1.165) is 22.4 Å². The fourth-order valence-corrected chi connectivity index (χ4v) is 2.73. The molecule has 0 radical (unpaired) electrons. The van der Waals surface area contributed by atoms with Crippen molar-refractivity contribution in [3.05, 3.63) is 54.6 Å². The molecule has 4 rings (SSSR count). The fourth-order valence-electron chi connectivity index (χ4n) is 2.73. The van der Waals surface area contributed by atoms with Crippen LogP contribution in [0.5, 0.6) is 0 Å². The normalized spacial score (nSPS) is 16.3. The highest BCUT2D eigenvalue weighted by Crippen LogP contribution is 2.42. The lowest BCUT2D eigenvalue weighted by atomic mass is 10.0. The summed E-state index contributed by atoms with van der Waals surface area (Å²) in [5.74, 6) is 0.442. The number of rotatable bonds is 2. The molecule has 0 saturated heterocycles. The van der Waals surface area contributed by atoms with E-state index in [2.05, 4.69) is 22.1 Å². The van der Waals surface area contributed by atoms with Crippen LogP contribution >= 0.6 is 0 Å². The molecule has 0 amide bonds. The average Bonchev–Trinajstić information content (AvgIpc) is 2.97. The minimum Gasteiger partial charge on any atom is -0.265 e. The molecule has 3 heterocycles. The highest BCUT2D eigenvalue weighted by molar-refractivity contribution is 5.87. The van der Waals surface area contributed by atoms with E-state index in [4.69, 9.17) is 5.10 Å². The highest BCUT2D eigenvalue weighted by atomic mass is 19.1. The van der Waals surface area contributed by atoms with Gasteiger partial charge in [0.25, 0.3) is 0 Å². The largest absolute Gasteiger partial charge is 0.265 e. The Labute approximate surface area is 132 Å². The molecule has 0 bridgehead atoms.